The molecule has 0 aromatic heterocycles. The lowest BCUT2D eigenvalue weighted by molar-refractivity contribution is -0.302. The molecule has 63 heavy (non-hydrogen) atoms. The van der Waals surface area contributed by atoms with E-state index in [1.165, 1.54) is 193 Å². The molecule has 374 valence electrons. The Hall–Kier alpha value is -1.07. The fraction of sp³-hybridized carbons (Fsp3) is 0.944. The zero-order valence-electron chi connectivity index (χ0n) is 41.4. The van der Waals surface area contributed by atoms with Gasteiger partial charge in [0.25, 0.3) is 0 Å². The Morgan fingerprint density at radius 2 is 0.889 bits per heavy atom. The number of aliphatic hydroxyl groups is 5. The molecule has 7 atom stereocenters. The quantitative estimate of drug-likeness (QED) is 0.0261. The van der Waals surface area contributed by atoms with Gasteiger partial charge in [0.15, 0.2) is 6.29 Å². The Bertz CT molecular complexity index is 997. The highest BCUT2D eigenvalue weighted by atomic mass is 16.7. The summed E-state index contributed by atoms with van der Waals surface area (Å²) in [6.45, 7) is 3.84. The Morgan fingerprint density at radius 3 is 1.30 bits per heavy atom. The number of unbranched alkanes of at least 4 members (excludes halogenated alkanes) is 35. The minimum Gasteiger partial charge on any atom is -0.394 e. The van der Waals surface area contributed by atoms with Gasteiger partial charge in [0.05, 0.1) is 25.4 Å². The standard InChI is InChI=1S/C54H105NO8/c1-3-5-7-9-11-13-15-17-18-19-20-21-22-23-24-25-26-27-28-29-30-32-33-35-37-39-41-43-48(57)47(46-62-54-53(61)52(60)51(59)49(45-56)63-54)55-50(58)44-42-40-38-36-34-31-16-14-12-10-8-6-4-2/h14,16,47-49,51-54,56-57,59-61H,3-13,15,17-46H2,1-2H3,(H,55,58)/b16-14-. The van der Waals surface area contributed by atoms with Gasteiger partial charge in [-0.2, -0.15) is 0 Å². The van der Waals surface area contributed by atoms with Gasteiger partial charge in [0.1, 0.15) is 24.4 Å². The first kappa shape index (κ1) is 59.9. The van der Waals surface area contributed by atoms with Crippen LogP contribution in [0, 0.1) is 0 Å². The summed E-state index contributed by atoms with van der Waals surface area (Å²) < 4.78 is 11.3. The van der Waals surface area contributed by atoms with Crippen LogP contribution in [0.5, 0.6) is 0 Å². The molecule has 6 N–H and O–H groups in total. The maximum absolute atomic E-state index is 13.0. The smallest absolute Gasteiger partial charge is 0.220 e. The van der Waals surface area contributed by atoms with E-state index in [1.54, 1.807) is 0 Å². The summed E-state index contributed by atoms with van der Waals surface area (Å²) in [6.07, 6.45) is 46.7. The molecule has 0 aromatic rings. The van der Waals surface area contributed by atoms with Gasteiger partial charge in [-0.1, -0.05) is 238 Å². The van der Waals surface area contributed by atoms with Gasteiger partial charge in [-0.25, -0.2) is 0 Å². The first-order valence-electron chi connectivity index (χ1n) is 27.4. The first-order valence-corrected chi connectivity index (χ1v) is 27.4. The van der Waals surface area contributed by atoms with E-state index in [1.807, 2.05) is 0 Å². The second kappa shape index (κ2) is 44.7. The Morgan fingerprint density at radius 1 is 0.524 bits per heavy atom. The third-order valence-electron chi connectivity index (χ3n) is 13.4. The van der Waals surface area contributed by atoms with Crippen LogP contribution >= 0.6 is 0 Å². The molecule has 1 saturated heterocycles. The average molecular weight is 896 g/mol. The van der Waals surface area contributed by atoms with E-state index < -0.39 is 49.5 Å². The van der Waals surface area contributed by atoms with E-state index in [0.29, 0.717) is 12.8 Å². The van der Waals surface area contributed by atoms with E-state index in [0.717, 1.165) is 51.4 Å². The second-order valence-electron chi connectivity index (χ2n) is 19.4. The molecular weight excluding hydrogens is 791 g/mol. The topological polar surface area (TPSA) is 149 Å². The molecule has 0 radical (unpaired) electrons. The highest BCUT2D eigenvalue weighted by Gasteiger charge is 2.44. The van der Waals surface area contributed by atoms with Gasteiger partial charge in [-0.05, 0) is 38.5 Å². The van der Waals surface area contributed by atoms with Crippen LogP contribution in [-0.4, -0.2) is 87.5 Å². The molecule has 0 bridgehead atoms. The summed E-state index contributed by atoms with van der Waals surface area (Å²) in [4.78, 5) is 13.0. The molecule has 0 aliphatic carbocycles. The number of carbonyl (C=O) groups is 1. The summed E-state index contributed by atoms with van der Waals surface area (Å²) in [5.74, 6) is -0.150. The largest absolute Gasteiger partial charge is 0.394 e. The Kier molecular flexibility index (Phi) is 42.6. The minimum absolute atomic E-state index is 0.138. The van der Waals surface area contributed by atoms with Crippen molar-refractivity contribution >= 4 is 5.91 Å². The van der Waals surface area contributed by atoms with Crippen molar-refractivity contribution in [1.29, 1.82) is 0 Å². The van der Waals surface area contributed by atoms with Crippen LogP contribution in [0.25, 0.3) is 0 Å². The molecule has 1 aliphatic rings. The molecule has 0 saturated carbocycles. The lowest BCUT2D eigenvalue weighted by atomic mass is 9.99. The van der Waals surface area contributed by atoms with Gasteiger partial charge in [-0.3, -0.25) is 4.79 Å². The number of hydrogen-bond acceptors (Lipinski definition) is 8. The summed E-state index contributed by atoms with van der Waals surface area (Å²) in [6, 6.07) is -0.720. The molecule has 9 nitrogen and oxygen atoms in total. The van der Waals surface area contributed by atoms with E-state index in [9.17, 15) is 30.3 Å². The highest BCUT2D eigenvalue weighted by molar-refractivity contribution is 5.76. The maximum Gasteiger partial charge on any atom is 0.220 e. The monoisotopic (exact) mass is 896 g/mol. The summed E-state index contributed by atoms with van der Waals surface area (Å²) >= 11 is 0. The van der Waals surface area contributed by atoms with Gasteiger partial charge < -0.3 is 40.3 Å². The predicted octanol–water partition coefficient (Wildman–Crippen LogP) is 12.8. The lowest BCUT2D eigenvalue weighted by Crippen LogP contribution is -2.60. The fourth-order valence-corrected chi connectivity index (χ4v) is 8.98. The van der Waals surface area contributed by atoms with Crippen LogP contribution in [0.1, 0.15) is 271 Å². The van der Waals surface area contributed by atoms with E-state index in [2.05, 4.69) is 31.3 Å². The predicted molar refractivity (Wildman–Crippen MR) is 263 cm³/mol. The molecule has 0 spiro atoms. The van der Waals surface area contributed by atoms with E-state index in [-0.39, 0.29) is 12.5 Å². The van der Waals surface area contributed by atoms with Crippen molar-refractivity contribution in [2.75, 3.05) is 13.2 Å². The van der Waals surface area contributed by atoms with Gasteiger partial charge >= 0.3 is 0 Å². The zero-order chi connectivity index (χ0) is 45.9. The van der Waals surface area contributed by atoms with Crippen molar-refractivity contribution in [3.8, 4) is 0 Å². The first-order chi connectivity index (χ1) is 30.8. The van der Waals surface area contributed by atoms with Crippen LogP contribution in [-0.2, 0) is 14.3 Å². The SMILES string of the molecule is CCCCCC/C=C\CCCCCCCC(=O)NC(COC1OC(CO)C(O)C(O)C1O)C(O)CCCCCCCCCCCCCCCCCCCCCCCCCCCCC. The number of allylic oxidation sites excluding steroid dienone is 2. The lowest BCUT2D eigenvalue weighted by Gasteiger charge is -2.40. The van der Waals surface area contributed by atoms with Crippen molar-refractivity contribution in [2.45, 2.75) is 314 Å². The number of carbonyl (C=O) groups excluding carboxylic acids is 1. The normalized spacial score (nSPS) is 20.1. The van der Waals surface area contributed by atoms with Crippen LogP contribution in [0.4, 0.5) is 0 Å². The number of aliphatic hydroxyl groups excluding tert-OH is 5. The van der Waals surface area contributed by atoms with Crippen molar-refractivity contribution in [3.63, 3.8) is 0 Å². The number of amides is 1. The van der Waals surface area contributed by atoms with Crippen molar-refractivity contribution in [1.82, 2.24) is 5.32 Å². The van der Waals surface area contributed by atoms with Crippen LogP contribution in [0.2, 0.25) is 0 Å². The minimum atomic E-state index is -1.55. The molecule has 1 amide bonds. The van der Waals surface area contributed by atoms with Crippen LogP contribution in [0.3, 0.4) is 0 Å². The summed E-state index contributed by atoms with van der Waals surface area (Å²) in [5.41, 5.74) is 0. The molecule has 1 aliphatic heterocycles. The second-order valence-corrected chi connectivity index (χ2v) is 19.4. The van der Waals surface area contributed by atoms with E-state index in [4.69, 9.17) is 9.47 Å². The van der Waals surface area contributed by atoms with Gasteiger partial charge in [0.2, 0.25) is 5.91 Å². The summed E-state index contributed by atoms with van der Waals surface area (Å²) in [7, 11) is 0. The number of rotatable bonds is 47. The van der Waals surface area contributed by atoms with Crippen molar-refractivity contribution < 1.29 is 39.8 Å². The third-order valence-corrected chi connectivity index (χ3v) is 13.4. The van der Waals surface area contributed by atoms with Crippen molar-refractivity contribution in [2.24, 2.45) is 0 Å². The van der Waals surface area contributed by atoms with Gasteiger partial charge in [-0.15, -0.1) is 0 Å². The Balaban J connectivity index is 2.17. The van der Waals surface area contributed by atoms with Crippen LogP contribution in [0.15, 0.2) is 12.2 Å². The molecule has 9 heteroatoms. The summed E-state index contributed by atoms with van der Waals surface area (Å²) in [5, 5.41) is 54.5. The number of hydrogen-bond donors (Lipinski definition) is 6. The molecule has 1 rings (SSSR count). The van der Waals surface area contributed by atoms with E-state index >= 15 is 0 Å². The third kappa shape index (κ3) is 34.8. The number of nitrogens with one attached hydrogen (secondary N) is 1. The molecular formula is C54H105NO8. The molecule has 7 unspecified atom stereocenters. The van der Waals surface area contributed by atoms with Crippen molar-refractivity contribution in [3.05, 3.63) is 12.2 Å². The fourth-order valence-electron chi connectivity index (χ4n) is 8.98. The van der Waals surface area contributed by atoms with Crippen LogP contribution < -0.4 is 5.32 Å². The molecule has 1 fully saturated rings. The maximum atomic E-state index is 13.0. The number of ether oxygens (including phenoxy) is 2. The average Bonchev–Trinajstić information content (AvgIpc) is 3.28. The van der Waals surface area contributed by atoms with Gasteiger partial charge in [0, 0.05) is 6.42 Å². The molecule has 0 aromatic carbocycles. The molecule has 1 heterocycles. The zero-order valence-corrected chi connectivity index (χ0v) is 41.4. The highest BCUT2D eigenvalue weighted by Crippen LogP contribution is 2.23. The Labute approximate surface area is 388 Å².